The van der Waals surface area contributed by atoms with Crippen LogP contribution in [0.25, 0.3) is 6.08 Å². The van der Waals surface area contributed by atoms with Gasteiger partial charge in [0.05, 0.1) is 6.61 Å². The van der Waals surface area contributed by atoms with Gasteiger partial charge in [-0.1, -0.05) is 49.8 Å². The van der Waals surface area contributed by atoms with E-state index >= 15 is 0 Å². The molecular weight excluding hydrogens is 264 g/mol. The first-order valence-electron chi connectivity index (χ1n) is 7.51. The number of esters is 1. The van der Waals surface area contributed by atoms with Crippen molar-refractivity contribution in [1.29, 1.82) is 0 Å². The predicted octanol–water partition coefficient (Wildman–Crippen LogP) is 3.81. The Bertz CT molecular complexity index is 503. The molecule has 0 bridgehead atoms. The molecular formula is C18H24O3. The highest BCUT2D eigenvalue weighted by Gasteiger charge is 2.25. The molecule has 0 saturated heterocycles. The second kappa shape index (κ2) is 9.11. The number of rotatable bonds is 8. The molecule has 0 heterocycles. The summed E-state index contributed by atoms with van der Waals surface area (Å²) < 4.78 is 5.00. The maximum atomic E-state index is 11.9. The van der Waals surface area contributed by atoms with E-state index in [2.05, 4.69) is 19.1 Å². The van der Waals surface area contributed by atoms with Crippen LogP contribution in [-0.2, 0) is 20.7 Å². The Labute approximate surface area is 127 Å². The Kier molecular flexibility index (Phi) is 7.44. The van der Waals surface area contributed by atoms with Gasteiger partial charge < -0.3 is 4.74 Å². The number of Topliss-reactive ketones (excluding diaryl/α,β-unsaturated/α-hetero) is 1. The van der Waals surface area contributed by atoms with Crippen LogP contribution in [0.1, 0.15) is 44.7 Å². The second-order valence-electron chi connectivity index (χ2n) is 5.01. The zero-order valence-corrected chi connectivity index (χ0v) is 13.1. The lowest BCUT2D eigenvalue weighted by Gasteiger charge is -2.14. The third-order valence-corrected chi connectivity index (χ3v) is 3.29. The van der Waals surface area contributed by atoms with Gasteiger partial charge in [0, 0.05) is 0 Å². The van der Waals surface area contributed by atoms with Crippen molar-refractivity contribution in [1.82, 2.24) is 0 Å². The van der Waals surface area contributed by atoms with E-state index in [4.69, 9.17) is 4.74 Å². The van der Waals surface area contributed by atoms with Gasteiger partial charge in [-0.25, -0.2) is 0 Å². The molecule has 0 aliphatic heterocycles. The summed E-state index contributed by atoms with van der Waals surface area (Å²) >= 11 is 0. The zero-order chi connectivity index (χ0) is 15.7. The Morgan fingerprint density at radius 3 is 2.57 bits per heavy atom. The van der Waals surface area contributed by atoms with Crippen molar-refractivity contribution in [2.24, 2.45) is 5.92 Å². The first kappa shape index (κ1) is 17.2. The molecule has 114 valence electrons. The van der Waals surface area contributed by atoms with E-state index in [-0.39, 0.29) is 5.78 Å². The van der Waals surface area contributed by atoms with Crippen molar-refractivity contribution in [3.63, 3.8) is 0 Å². The Morgan fingerprint density at radius 1 is 1.24 bits per heavy atom. The summed E-state index contributed by atoms with van der Waals surface area (Å²) in [4.78, 5) is 23.6. The summed E-state index contributed by atoms with van der Waals surface area (Å²) in [5.41, 5.74) is 2.06. The number of carbonyl (C=O) groups is 2. The summed E-state index contributed by atoms with van der Waals surface area (Å²) in [5.74, 6) is -1.30. The smallest absolute Gasteiger partial charge is 0.316 e. The highest BCUT2D eigenvalue weighted by Crippen LogP contribution is 2.18. The van der Waals surface area contributed by atoms with E-state index in [0.29, 0.717) is 13.0 Å². The molecule has 0 aliphatic rings. The number of carbonyl (C=O) groups excluding carboxylic acids is 2. The highest BCUT2D eigenvalue weighted by atomic mass is 16.5. The van der Waals surface area contributed by atoms with Crippen LogP contribution in [0.5, 0.6) is 0 Å². The monoisotopic (exact) mass is 288 g/mol. The Morgan fingerprint density at radius 2 is 1.95 bits per heavy atom. The summed E-state index contributed by atoms with van der Waals surface area (Å²) in [6.45, 7) is 5.61. The molecule has 0 N–H and O–H groups in total. The normalized spacial score (nSPS) is 12.3. The number of benzene rings is 1. The Hall–Kier alpha value is -1.90. The van der Waals surface area contributed by atoms with Gasteiger partial charge in [-0.15, -0.1) is 0 Å². The first-order chi connectivity index (χ1) is 10.1. The third-order valence-electron chi connectivity index (χ3n) is 3.29. The van der Waals surface area contributed by atoms with Crippen molar-refractivity contribution in [3.05, 3.63) is 41.5 Å². The van der Waals surface area contributed by atoms with E-state index in [9.17, 15) is 9.59 Å². The molecule has 0 fully saturated rings. The van der Waals surface area contributed by atoms with Gasteiger partial charge >= 0.3 is 5.97 Å². The fourth-order valence-electron chi connectivity index (χ4n) is 2.12. The van der Waals surface area contributed by atoms with Crippen LogP contribution in [0, 0.1) is 5.92 Å². The molecule has 1 atom stereocenters. The van der Waals surface area contributed by atoms with Gasteiger partial charge in [0.2, 0.25) is 0 Å². The van der Waals surface area contributed by atoms with Gasteiger partial charge in [-0.3, -0.25) is 9.59 Å². The summed E-state index contributed by atoms with van der Waals surface area (Å²) in [7, 11) is 0. The lowest BCUT2D eigenvalue weighted by atomic mass is 9.92. The van der Waals surface area contributed by atoms with E-state index in [1.54, 1.807) is 6.92 Å². The number of ketones is 1. The van der Waals surface area contributed by atoms with Gasteiger partial charge in [-0.05, 0) is 37.8 Å². The summed E-state index contributed by atoms with van der Waals surface area (Å²) in [5, 5.41) is 0. The second-order valence-corrected chi connectivity index (χ2v) is 5.01. The maximum Gasteiger partial charge on any atom is 0.316 e. The summed E-state index contributed by atoms with van der Waals surface area (Å²) in [6, 6.07) is 7.85. The number of hydrogen-bond donors (Lipinski definition) is 0. The van der Waals surface area contributed by atoms with Gasteiger partial charge in [0.1, 0.15) is 11.7 Å². The van der Waals surface area contributed by atoms with Crippen molar-refractivity contribution >= 4 is 17.8 Å². The largest absolute Gasteiger partial charge is 0.465 e. The molecule has 0 amide bonds. The minimum absolute atomic E-state index is 0.152. The molecule has 1 rings (SSSR count). The van der Waals surface area contributed by atoms with Crippen molar-refractivity contribution in [2.75, 3.05) is 6.61 Å². The average molecular weight is 288 g/mol. The standard InChI is InChI=1S/C18H24O3/c1-4-6-7-10-15-11-8-9-12-16(15)13-17(14(3)19)18(20)21-5-2/h7-12,17H,4-6,13H2,1-3H3/b10-7+. The predicted molar refractivity (Wildman–Crippen MR) is 84.9 cm³/mol. The molecule has 0 saturated carbocycles. The summed E-state index contributed by atoms with van der Waals surface area (Å²) in [6.07, 6.45) is 6.67. The molecule has 21 heavy (non-hydrogen) atoms. The van der Waals surface area contributed by atoms with E-state index in [1.807, 2.05) is 24.3 Å². The molecule has 3 heteroatoms. The highest BCUT2D eigenvalue weighted by molar-refractivity contribution is 5.98. The maximum absolute atomic E-state index is 11.9. The number of hydrogen-bond acceptors (Lipinski definition) is 3. The molecule has 1 aromatic carbocycles. The van der Waals surface area contributed by atoms with E-state index in [1.165, 1.54) is 6.92 Å². The molecule has 3 nitrogen and oxygen atoms in total. The van der Waals surface area contributed by atoms with Crippen LogP contribution in [0.2, 0.25) is 0 Å². The van der Waals surface area contributed by atoms with Gasteiger partial charge in [0.15, 0.2) is 0 Å². The molecule has 0 spiro atoms. The van der Waals surface area contributed by atoms with Gasteiger partial charge in [0.25, 0.3) is 0 Å². The van der Waals surface area contributed by atoms with Crippen molar-refractivity contribution < 1.29 is 14.3 Å². The minimum Gasteiger partial charge on any atom is -0.465 e. The number of ether oxygens (including phenoxy) is 1. The van der Waals surface area contributed by atoms with Gasteiger partial charge in [-0.2, -0.15) is 0 Å². The van der Waals surface area contributed by atoms with E-state index in [0.717, 1.165) is 24.0 Å². The van der Waals surface area contributed by atoms with Crippen LogP contribution in [-0.4, -0.2) is 18.4 Å². The SMILES string of the molecule is CCC/C=C/c1ccccc1CC(C(C)=O)C(=O)OCC. The molecule has 0 aliphatic carbocycles. The number of unbranched alkanes of at least 4 members (excludes halogenated alkanes) is 1. The van der Waals surface area contributed by atoms with Crippen LogP contribution in [0.15, 0.2) is 30.3 Å². The molecule has 1 aromatic rings. The topological polar surface area (TPSA) is 43.4 Å². The van der Waals surface area contributed by atoms with Crippen molar-refractivity contribution in [3.8, 4) is 0 Å². The lowest BCUT2D eigenvalue weighted by Crippen LogP contribution is -2.26. The Balaban J connectivity index is 2.93. The third kappa shape index (κ3) is 5.54. The van der Waals surface area contributed by atoms with Crippen LogP contribution < -0.4 is 0 Å². The molecule has 0 aromatic heterocycles. The average Bonchev–Trinajstić information content (AvgIpc) is 2.46. The van der Waals surface area contributed by atoms with Crippen LogP contribution in [0.3, 0.4) is 0 Å². The van der Waals surface area contributed by atoms with E-state index < -0.39 is 11.9 Å². The molecule has 1 unspecified atom stereocenters. The lowest BCUT2D eigenvalue weighted by molar-refractivity contribution is -0.151. The van der Waals surface area contributed by atoms with Crippen LogP contribution >= 0.6 is 0 Å². The van der Waals surface area contributed by atoms with Crippen LogP contribution in [0.4, 0.5) is 0 Å². The fourth-order valence-corrected chi connectivity index (χ4v) is 2.12. The minimum atomic E-state index is -0.717. The fraction of sp³-hybridized carbons (Fsp3) is 0.444. The quantitative estimate of drug-likeness (QED) is 0.539. The van der Waals surface area contributed by atoms with Crippen molar-refractivity contribution in [2.45, 2.75) is 40.0 Å². The zero-order valence-electron chi connectivity index (χ0n) is 13.1. The first-order valence-corrected chi connectivity index (χ1v) is 7.51. The molecule has 0 radical (unpaired) electrons. The number of allylic oxidation sites excluding steroid dienone is 1.